The molecule has 0 unspecified atom stereocenters. The van der Waals surface area contributed by atoms with Gasteiger partial charge in [-0.2, -0.15) is 0 Å². The Kier molecular flexibility index (Phi) is 6.44. The van der Waals surface area contributed by atoms with E-state index in [9.17, 15) is 9.00 Å². The van der Waals surface area contributed by atoms with Crippen LogP contribution >= 0.6 is 15.9 Å². The molecular formula is C12H16BrNO2S. The Labute approximate surface area is 113 Å². The summed E-state index contributed by atoms with van der Waals surface area (Å²) in [6.45, 7) is 2.49. The van der Waals surface area contributed by atoms with Crippen LogP contribution in [0.15, 0.2) is 28.7 Å². The van der Waals surface area contributed by atoms with Crippen molar-refractivity contribution in [3.63, 3.8) is 0 Å². The van der Waals surface area contributed by atoms with Gasteiger partial charge in [0.15, 0.2) is 0 Å². The van der Waals surface area contributed by atoms with Gasteiger partial charge >= 0.3 is 0 Å². The van der Waals surface area contributed by atoms with Gasteiger partial charge < -0.3 is 5.32 Å². The van der Waals surface area contributed by atoms with Crippen molar-refractivity contribution in [2.75, 3.05) is 12.3 Å². The molecule has 1 atom stereocenters. The van der Waals surface area contributed by atoms with E-state index in [1.165, 1.54) is 0 Å². The largest absolute Gasteiger partial charge is 0.356 e. The Morgan fingerprint density at radius 1 is 1.47 bits per heavy atom. The summed E-state index contributed by atoms with van der Waals surface area (Å²) in [6.07, 6.45) is 0.328. The molecule has 1 amide bonds. The highest BCUT2D eigenvalue weighted by Gasteiger charge is 2.06. The molecule has 0 aromatic heterocycles. The molecule has 0 radical (unpaired) electrons. The SMILES string of the molecule is CCNC(=O)CC[S@@](=O)Cc1cccc(Br)c1. The van der Waals surface area contributed by atoms with Gasteiger partial charge in [-0.1, -0.05) is 28.1 Å². The van der Waals surface area contributed by atoms with E-state index in [1.54, 1.807) is 0 Å². The fourth-order valence-corrected chi connectivity index (χ4v) is 2.93. The Hall–Kier alpha value is -0.680. The second-order valence-corrected chi connectivity index (χ2v) is 6.11. The quantitative estimate of drug-likeness (QED) is 0.874. The highest BCUT2D eigenvalue weighted by atomic mass is 79.9. The summed E-state index contributed by atoms with van der Waals surface area (Å²) in [4.78, 5) is 11.2. The zero-order chi connectivity index (χ0) is 12.7. The first-order valence-electron chi connectivity index (χ1n) is 5.48. The molecule has 0 spiro atoms. The molecule has 1 N–H and O–H groups in total. The normalized spacial score (nSPS) is 12.1. The molecule has 17 heavy (non-hydrogen) atoms. The van der Waals surface area contributed by atoms with Gasteiger partial charge in [0.05, 0.1) is 0 Å². The van der Waals surface area contributed by atoms with E-state index in [0.29, 0.717) is 24.5 Å². The van der Waals surface area contributed by atoms with E-state index >= 15 is 0 Å². The minimum Gasteiger partial charge on any atom is -0.356 e. The van der Waals surface area contributed by atoms with E-state index in [1.807, 2.05) is 31.2 Å². The summed E-state index contributed by atoms with van der Waals surface area (Å²) >= 11 is 3.37. The van der Waals surface area contributed by atoms with Gasteiger partial charge in [-0.05, 0) is 24.6 Å². The summed E-state index contributed by atoms with van der Waals surface area (Å²) in [5.74, 6) is 0.882. The van der Waals surface area contributed by atoms with Crippen LogP contribution in [-0.2, 0) is 21.3 Å². The Bertz CT molecular complexity index is 409. The van der Waals surface area contributed by atoms with Gasteiger partial charge in [-0.15, -0.1) is 0 Å². The first kappa shape index (κ1) is 14.4. The van der Waals surface area contributed by atoms with E-state index in [2.05, 4.69) is 21.2 Å². The molecule has 0 aliphatic rings. The molecule has 1 aromatic carbocycles. The Morgan fingerprint density at radius 3 is 2.88 bits per heavy atom. The summed E-state index contributed by atoms with van der Waals surface area (Å²) in [5, 5.41) is 2.69. The number of carbonyl (C=O) groups is 1. The third-order valence-corrected chi connectivity index (χ3v) is 3.96. The van der Waals surface area contributed by atoms with Gasteiger partial charge in [-0.25, -0.2) is 0 Å². The third kappa shape index (κ3) is 5.98. The van der Waals surface area contributed by atoms with Crippen molar-refractivity contribution in [2.24, 2.45) is 0 Å². The molecule has 0 saturated carbocycles. The molecule has 0 bridgehead atoms. The molecule has 1 rings (SSSR count). The monoisotopic (exact) mass is 317 g/mol. The van der Waals surface area contributed by atoms with Crippen molar-refractivity contribution in [3.05, 3.63) is 34.3 Å². The maximum Gasteiger partial charge on any atom is 0.220 e. The number of carbonyl (C=O) groups excluding carboxylic acids is 1. The molecule has 0 heterocycles. The third-order valence-electron chi connectivity index (χ3n) is 2.15. The van der Waals surface area contributed by atoms with Crippen molar-refractivity contribution < 1.29 is 9.00 Å². The molecule has 1 aromatic rings. The van der Waals surface area contributed by atoms with Gasteiger partial charge in [0.25, 0.3) is 0 Å². The topological polar surface area (TPSA) is 46.2 Å². The van der Waals surface area contributed by atoms with Crippen molar-refractivity contribution in [3.8, 4) is 0 Å². The van der Waals surface area contributed by atoms with Gasteiger partial charge in [-0.3, -0.25) is 9.00 Å². The van der Waals surface area contributed by atoms with E-state index < -0.39 is 10.8 Å². The minimum absolute atomic E-state index is 0.0323. The van der Waals surface area contributed by atoms with Crippen LogP contribution in [0.1, 0.15) is 18.9 Å². The lowest BCUT2D eigenvalue weighted by atomic mass is 10.2. The van der Waals surface area contributed by atoms with Crippen LogP contribution in [0.4, 0.5) is 0 Å². The maximum atomic E-state index is 11.7. The summed E-state index contributed by atoms with van der Waals surface area (Å²) in [5.41, 5.74) is 1.02. The molecule has 0 aliphatic heterocycles. The first-order valence-corrected chi connectivity index (χ1v) is 7.76. The zero-order valence-electron chi connectivity index (χ0n) is 9.74. The first-order chi connectivity index (χ1) is 8.11. The number of rotatable bonds is 6. The van der Waals surface area contributed by atoms with Gasteiger partial charge in [0, 0.05) is 39.7 Å². The van der Waals surface area contributed by atoms with Crippen LogP contribution in [0, 0.1) is 0 Å². The van der Waals surface area contributed by atoms with Crippen molar-refractivity contribution >= 4 is 32.6 Å². The standard InChI is InChI=1S/C12H16BrNO2S/c1-2-14-12(15)6-7-17(16)9-10-4-3-5-11(13)8-10/h3-5,8H,2,6-7,9H2,1H3,(H,14,15)/t17-/m1/s1. The Balaban J connectivity index is 2.37. The zero-order valence-corrected chi connectivity index (χ0v) is 12.1. The predicted octanol–water partition coefficient (Wildman–Crippen LogP) is 2.22. The fourth-order valence-electron chi connectivity index (χ4n) is 1.38. The highest BCUT2D eigenvalue weighted by Crippen LogP contribution is 2.13. The molecule has 94 valence electrons. The average Bonchev–Trinajstić information content (AvgIpc) is 2.27. The number of hydrogen-bond donors (Lipinski definition) is 1. The summed E-state index contributed by atoms with van der Waals surface area (Å²) in [7, 11) is -0.985. The molecule has 0 fully saturated rings. The number of amides is 1. The van der Waals surface area contributed by atoms with Crippen LogP contribution in [0.2, 0.25) is 0 Å². The molecule has 3 nitrogen and oxygen atoms in total. The lowest BCUT2D eigenvalue weighted by Crippen LogP contribution is -2.24. The smallest absolute Gasteiger partial charge is 0.220 e. The highest BCUT2D eigenvalue weighted by molar-refractivity contribution is 9.10. The van der Waals surface area contributed by atoms with Gasteiger partial charge in [0.1, 0.15) is 0 Å². The number of halogens is 1. The van der Waals surface area contributed by atoms with Crippen LogP contribution < -0.4 is 5.32 Å². The fraction of sp³-hybridized carbons (Fsp3) is 0.417. The predicted molar refractivity (Wildman–Crippen MR) is 74.2 cm³/mol. The van der Waals surface area contributed by atoms with Crippen LogP contribution in [-0.4, -0.2) is 22.4 Å². The second-order valence-electron chi connectivity index (χ2n) is 3.62. The van der Waals surface area contributed by atoms with E-state index in [0.717, 1.165) is 10.0 Å². The van der Waals surface area contributed by atoms with Crippen LogP contribution in [0.5, 0.6) is 0 Å². The maximum absolute atomic E-state index is 11.7. The van der Waals surface area contributed by atoms with Crippen molar-refractivity contribution in [2.45, 2.75) is 19.1 Å². The molecular weight excluding hydrogens is 302 g/mol. The lowest BCUT2D eigenvalue weighted by molar-refractivity contribution is -0.120. The van der Waals surface area contributed by atoms with Gasteiger partial charge in [0.2, 0.25) is 5.91 Å². The van der Waals surface area contributed by atoms with E-state index in [-0.39, 0.29) is 5.91 Å². The lowest BCUT2D eigenvalue weighted by Gasteiger charge is -2.04. The second kappa shape index (κ2) is 7.61. The number of benzene rings is 1. The number of hydrogen-bond acceptors (Lipinski definition) is 2. The van der Waals surface area contributed by atoms with Crippen LogP contribution in [0.3, 0.4) is 0 Å². The number of nitrogens with one attached hydrogen (secondary N) is 1. The van der Waals surface area contributed by atoms with Crippen molar-refractivity contribution in [1.29, 1.82) is 0 Å². The molecule has 5 heteroatoms. The average molecular weight is 318 g/mol. The summed E-state index contributed by atoms with van der Waals surface area (Å²) in [6, 6.07) is 7.74. The Morgan fingerprint density at radius 2 is 2.24 bits per heavy atom. The molecule has 0 aliphatic carbocycles. The van der Waals surface area contributed by atoms with Crippen molar-refractivity contribution in [1.82, 2.24) is 5.32 Å². The van der Waals surface area contributed by atoms with E-state index in [4.69, 9.17) is 0 Å². The molecule has 0 saturated heterocycles. The minimum atomic E-state index is -0.985. The van der Waals surface area contributed by atoms with Crippen LogP contribution in [0.25, 0.3) is 0 Å². The summed E-state index contributed by atoms with van der Waals surface area (Å²) < 4.78 is 12.7.